The van der Waals surface area contributed by atoms with E-state index in [1.807, 2.05) is 0 Å². The van der Waals surface area contributed by atoms with Crippen molar-refractivity contribution < 1.29 is 32.2 Å². The first-order chi connectivity index (χ1) is 16.3. The van der Waals surface area contributed by atoms with Gasteiger partial charge in [0.15, 0.2) is 11.5 Å². The highest BCUT2D eigenvalue weighted by atomic mass is 19.4. The van der Waals surface area contributed by atoms with E-state index in [-0.39, 0.29) is 17.5 Å². The van der Waals surface area contributed by atoms with Crippen molar-refractivity contribution in [3.8, 4) is 22.8 Å². The zero-order valence-corrected chi connectivity index (χ0v) is 18.6. The predicted molar refractivity (Wildman–Crippen MR) is 119 cm³/mol. The molecule has 0 aliphatic carbocycles. The lowest BCUT2D eigenvalue weighted by Gasteiger charge is -2.14. The highest BCUT2D eigenvalue weighted by Gasteiger charge is 2.33. The zero-order chi connectivity index (χ0) is 24.5. The van der Waals surface area contributed by atoms with Gasteiger partial charge in [-0.3, -0.25) is 0 Å². The summed E-state index contributed by atoms with van der Waals surface area (Å²) in [4.78, 5) is 16.8. The van der Waals surface area contributed by atoms with Gasteiger partial charge in [-0.25, -0.2) is 9.78 Å². The van der Waals surface area contributed by atoms with Crippen molar-refractivity contribution in [2.45, 2.75) is 12.6 Å². The molecule has 2 aromatic carbocycles. The average Bonchev–Trinajstić information content (AvgIpc) is 3.20. The monoisotopic (exact) mass is 470 g/mol. The van der Waals surface area contributed by atoms with Crippen molar-refractivity contribution in [1.29, 1.82) is 0 Å². The minimum atomic E-state index is -4.52. The number of rotatable bonds is 6. The number of ether oxygens (including phenoxy) is 3. The number of benzene rings is 2. The molecule has 0 bridgehead atoms. The number of pyridine rings is 1. The van der Waals surface area contributed by atoms with Crippen molar-refractivity contribution in [2.75, 3.05) is 21.3 Å². The molecule has 2 heterocycles. The van der Waals surface area contributed by atoms with E-state index in [9.17, 15) is 18.0 Å². The fourth-order valence-corrected chi connectivity index (χ4v) is 3.85. The molecule has 4 rings (SSSR count). The minimum Gasteiger partial charge on any atom is -0.493 e. The van der Waals surface area contributed by atoms with Crippen LogP contribution in [-0.2, 0) is 17.3 Å². The van der Waals surface area contributed by atoms with Crippen LogP contribution in [0, 0.1) is 0 Å². The summed E-state index contributed by atoms with van der Waals surface area (Å²) in [6.07, 6.45) is -3.08. The Morgan fingerprint density at radius 2 is 1.71 bits per heavy atom. The number of alkyl halides is 3. The largest absolute Gasteiger partial charge is 0.493 e. The van der Waals surface area contributed by atoms with E-state index in [0.717, 1.165) is 6.07 Å². The van der Waals surface area contributed by atoms with Crippen LogP contribution in [0.4, 0.5) is 13.2 Å². The van der Waals surface area contributed by atoms with Gasteiger partial charge in [0, 0.05) is 18.2 Å². The van der Waals surface area contributed by atoms with Gasteiger partial charge in [-0.1, -0.05) is 18.2 Å². The van der Waals surface area contributed by atoms with Gasteiger partial charge < -0.3 is 18.6 Å². The number of methoxy groups -OCH3 is 3. The first-order valence-electron chi connectivity index (χ1n) is 10.2. The van der Waals surface area contributed by atoms with Crippen LogP contribution in [0.1, 0.15) is 27.2 Å². The quantitative estimate of drug-likeness (QED) is 0.353. The second kappa shape index (κ2) is 9.09. The molecular weight excluding hydrogens is 449 g/mol. The minimum absolute atomic E-state index is 0.0782. The Hall–Kier alpha value is -4.01. The maximum Gasteiger partial charge on any atom is 0.416 e. The van der Waals surface area contributed by atoms with Gasteiger partial charge >= 0.3 is 12.1 Å². The van der Waals surface area contributed by atoms with Crippen LogP contribution in [-0.4, -0.2) is 36.7 Å². The van der Waals surface area contributed by atoms with Crippen LogP contribution < -0.4 is 9.47 Å². The first-order valence-corrected chi connectivity index (χ1v) is 10.2. The highest BCUT2D eigenvalue weighted by molar-refractivity contribution is 5.89. The van der Waals surface area contributed by atoms with Gasteiger partial charge in [-0.05, 0) is 42.0 Å². The van der Waals surface area contributed by atoms with Crippen molar-refractivity contribution in [3.63, 3.8) is 0 Å². The number of aromatic nitrogens is 2. The molecule has 0 unspecified atom stereocenters. The Kier molecular flexibility index (Phi) is 6.19. The lowest BCUT2D eigenvalue weighted by Crippen LogP contribution is -2.10. The molecule has 0 atom stereocenters. The Bertz CT molecular complexity index is 1360. The van der Waals surface area contributed by atoms with Crippen LogP contribution >= 0.6 is 0 Å². The summed E-state index contributed by atoms with van der Waals surface area (Å²) in [6.45, 7) is 0. The van der Waals surface area contributed by atoms with Gasteiger partial charge in [0.05, 0.1) is 43.8 Å². The molecule has 0 fully saturated rings. The fraction of sp³-hybridized carbons (Fsp3) is 0.200. The van der Waals surface area contributed by atoms with E-state index in [1.165, 1.54) is 39.7 Å². The molecule has 6 nitrogen and oxygen atoms in total. The normalized spacial score (nSPS) is 11.5. The van der Waals surface area contributed by atoms with Crippen molar-refractivity contribution in [2.24, 2.45) is 0 Å². The molecule has 0 saturated carbocycles. The summed E-state index contributed by atoms with van der Waals surface area (Å²) < 4.78 is 58.2. The number of hydrogen-bond donors (Lipinski definition) is 0. The van der Waals surface area contributed by atoms with Gasteiger partial charge in [0.25, 0.3) is 0 Å². The summed E-state index contributed by atoms with van der Waals surface area (Å²) in [6, 6.07) is 13.7. The second-order valence-corrected chi connectivity index (χ2v) is 7.45. The summed E-state index contributed by atoms with van der Waals surface area (Å²) >= 11 is 0. The van der Waals surface area contributed by atoms with E-state index in [2.05, 4.69) is 4.98 Å². The fourth-order valence-electron chi connectivity index (χ4n) is 3.85. The maximum absolute atomic E-state index is 13.7. The SMILES string of the molecule is COC(=O)c1ccc2nc(-c3ccc(OC)c(OC)c3)c(Cc3ccccc3C(F)(F)F)n2c1. The molecule has 0 N–H and O–H groups in total. The summed E-state index contributed by atoms with van der Waals surface area (Å²) in [5, 5.41) is 0. The zero-order valence-electron chi connectivity index (χ0n) is 18.6. The number of nitrogens with zero attached hydrogens (tertiary/aromatic N) is 2. The van der Waals surface area contributed by atoms with Crippen LogP contribution in [0.15, 0.2) is 60.8 Å². The Morgan fingerprint density at radius 3 is 2.38 bits per heavy atom. The van der Waals surface area contributed by atoms with E-state index >= 15 is 0 Å². The number of hydrogen-bond acceptors (Lipinski definition) is 5. The molecule has 0 spiro atoms. The van der Waals surface area contributed by atoms with E-state index < -0.39 is 17.7 Å². The molecule has 0 radical (unpaired) electrons. The Balaban J connectivity index is 1.95. The van der Waals surface area contributed by atoms with Crippen LogP contribution in [0.25, 0.3) is 16.9 Å². The molecule has 9 heteroatoms. The van der Waals surface area contributed by atoms with E-state index in [4.69, 9.17) is 14.2 Å². The summed E-state index contributed by atoms with van der Waals surface area (Å²) in [5.41, 5.74) is 1.63. The second-order valence-electron chi connectivity index (χ2n) is 7.45. The molecule has 176 valence electrons. The molecule has 0 aliphatic rings. The van der Waals surface area contributed by atoms with Gasteiger partial charge in [-0.2, -0.15) is 13.2 Å². The van der Waals surface area contributed by atoms with E-state index in [1.54, 1.807) is 40.8 Å². The van der Waals surface area contributed by atoms with Crippen molar-refractivity contribution >= 4 is 11.6 Å². The van der Waals surface area contributed by atoms with Crippen LogP contribution in [0.2, 0.25) is 0 Å². The smallest absolute Gasteiger partial charge is 0.416 e. The molecule has 0 aliphatic heterocycles. The standard InChI is InChI=1S/C25H21F3N2O4/c1-32-20-10-8-16(13-21(20)33-2)23-19(12-15-6-4-5-7-18(15)25(26,27)28)30-14-17(24(31)34-3)9-11-22(30)29-23/h4-11,13-14H,12H2,1-3H3. The van der Waals surface area contributed by atoms with E-state index in [0.29, 0.717) is 34.1 Å². The Labute approximate surface area is 193 Å². The van der Waals surface area contributed by atoms with Gasteiger partial charge in [0.1, 0.15) is 5.65 Å². The third kappa shape index (κ3) is 4.28. The average molecular weight is 470 g/mol. The summed E-state index contributed by atoms with van der Waals surface area (Å²) in [5.74, 6) is 0.394. The number of carbonyl (C=O) groups excluding carboxylic acids is 1. The molecule has 2 aromatic heterocycles. The Morgan fingerprint density at radius 1 is 0.971 bits per heavy atom. The number of fused-ring (bicyclic) bond motifs is 1. The molecule has 34 heavy (non-hydrogen) atoms. The van der Waals surface area contributed by atoms with Crippen molar-refractivity contribution in [3.05, 3.63) is 83.2 Å². The third-order valence-corrected chi connectivity index (χ3v) is 5.48. The first kappa shape index (κ1) is 23.2. The number of halogens is 3. The topological polar surface area (TPSA) is 62.1 Å². The lowest BCUT2D eigenvalue weighted by atomic mass is 9.99. The predicted octanol–water partition coefficient (Wildman–Crippen LogP) is 5.41. The number of imidazole rings is 1. The maximum atomic E-state index is 13.7. The van der Waals surface area contributed by atoms with Gasteiger partial charge in [0.2, 0.25) is 0 Å². The molecule has 0 saturated heterocycles. The van der Waals surface area contributed by atoms with Gasteiger partial charge in [-0.15, -0.1) is 0 Å². The third-order valence-electron chi connectivity index (χ3n) is 5.48. The summed E-state index contributed by atoms with van der Waals surface area (Å²) in [7, 11) is 4.26. The number of esters is 1. The van der Waals surface area contributed by atoms with Crippen LogP contribution in [0.5, 0.6) is 11.5 Å². The van der Waals surface area contributed by atoms with Crippen molar-refractivity contribution in [1.82, 2.24) is 9.38 Å². The highest BCUT2D eigenvalue weighted by Crippen LogP contribution is 2.37. The van der Waals surface area contributed by atoms with Crippen LogP contribution in [0.3, 0.4) is 0 Å². The molecular formula is C25H21F3N2O4. The lowest BCUT2D eigenvalue weighted by molar-refractivity contribution is -0.138. The number of carbonyl (C=O) groups is 1. The molecule has 4 aromatic rings. The molecule has 0 amide bonds.